The zero-order valence-electron chi connectivity index (χ0n) is 13.9. The minimum atomic E-state index is -0.542. The lowest BCUT2D eigenvalue weighted by molar-refractivity contribution is -0.384. The lowest BCUT2D eigenvalue weighted by Crippen LogP contribution is -2.10. The Balaban J connectivity index is 1.87. The van der Waals surface area contributed by atoms with Gasteiger partial charge in [0.25, 0.3) is 11.2 Å². The van der Waals surface area contributed by atoms with E-state index in [0.717, 1.165) is 31.2 Å². The molecule has 8 heteroatoms. The zero-order chi connectivity index (χ0) is 18.3. The third-order valence-electron chi connectivity index (χ3n) is 4.74. The third-order valence-corrected chi connectivity index (χ3v) is 6.25. The van der Waals surface area contributed by atoms with Crippen molar-refractivity contribution >= 4 is 38.8 Å². The molecule has 4 rings (SSSR count). The van der Waals surface area contributed by atoms with Crippen molar-refractivity contribution in [3.05, 3.63) is 54.1 Å². The molecule has 0 unspecified atom stereocenters. The minimum absolute atomic E-state index is 0.0567. The molecule has 6 nitrogen and oxygen atoms in total. The Hall–Kier alpha value is -2.25. The fraction of sp³-hybridized carbons (Fsp3) is 0.333. The monoisotopic (exact) mass is 389 g/mol. The number of aromatic amines is 1. The van der Waals surface area contributed by atoms with E-state index in [-0.39, 0.29) is 16.3 Å². The van der Waals surface area contributed by atoms with Crippen molar-refractivity contribution in [3.8, 4) is 11.4 Å². The summed E-state index contributed by atoms with van der Waals surface area (Å²) in [5, 5.41) is 11.8. The maximum Gasteiger partial charge on any atom is 0.288 e. The molecule has 0 saturated carbocycles. The predicted molar refractivity (Wildman–Crippen MR) is 103 cm³/mol. The van der Waals surface area contributed by atoms with E-state index >= 15 is 0 Å². The van der Waals surface area contributed by atoms with Crippen molar-refractivity contribution in [1.82, 2.24) is 9.97 Å². The van der Waals surface area contributed by atoms with Gasteiger partial charge in [0.05, 0.1) is 10.3 Å². The van der Waals surface area contributed by atoms with Crippen LogP contribution >= 0.6 is 22.9 Å². The lowest BCUT2D eigenvalue weighted by Gasteiger charge is -2.08. The standard InChI is InChI=1S/C18H16ClN3O3S/c19-12-8-7-10(9-13(12)22(24)25)16-20-17(23)15-11-5-3-1-2-4-6-14(11)26-18(15)21-16/h7-9H,1-6H2,(H,20,21,23). The summed E-state index contributed by atoms with van der Waals surface area (Å²) >= 11 is 7.44. The van der Waals surface area contributed by atoms with E-state index in [1.165, 1.54) is 29.9 Å². The van der Waals surface area contributed by atoms with Gasteiger partial charge in [-0.3, -0.25) is 14.9 Å². The highest BCUT2D eigenvalue weighted by Crippen LogP contribution is 2.34. The van der Waals surface area contributed by atoms with E-state index < -0.39 is 4.92 Å². The summed E-state index contributed by atoms with van der Waals surface area (Å²) in [5.74, 6) is 0.330. The number of aryl methyl sites for hydroxylation is 2. The van der Waals surface area contributed by atoms with Crippen molar-refractivity contribution in [2.75, 3.05) is 0 Å². The molecular formula is C18H16ClN3O3S. The second-order valence-corrected chi connectivity index (χ2v) is 7.93. The average Bonchev–Trinajstić information content (AvgIpc) is 2.92. The van der Waals surface area contributed by atoms with Gasteiger partial charge in [-0.25, -0.2) is 4.98 Å². The van der Waals surface area contributed by atoms with Gasteiger partial charge in [-0.05, 0) is 43.4 Å². The largest absolute Gasteiger partial charge is 0.306 e. The number of nitrogens with zero attached hydrogens (tertiary/aromatic N) is 2. The van der Waals surface area contributed by atoms with E-state index in [9.17, 15) is 14.9 Å². The maximum absolute atomic E-state index is 12.7. The lowest BCUT2D eigenvalue weighted by atomic mass is 9.98. The minimum Gasteiger partial charge on any atom is -0.306 e. The molecule has 26 heavy (non-hydrogen) atoms. The highest BCUT2D eigenvalue weighted by atomic mass is 35.5. The summed E-state index contributed by atoms with van der Waals surface area (Å²) in [6, 6.07) is 4.42. The maximum atomic E-state index is 12.7. The Morgan fingerprint density at radius 3 is 2.73 bits per heavy atom. The van der Waals surface area contributed by atoms with Gasteiger partial charge >= 0.3 is 0 Å². The van der Waals surface area contributed by atoms with Gasteiger partial charge in [0, 0.05) is 16.5 Å². The van der Waals surface area contributed by atoms with Crippen LogP contribution in [-0.4, -0.2) is 14.9 Å². The Bertz CT molecular complexity index is 1070. The number of hydrogen-bond donors (Lipinski definition) is 1. The van der Waals surface area contributed by atoms with Crippen molar-refractivity contribution < 1.29 is 4.92 Å². The number of hydrogen-bond acceptors (Lipinski definition) is 5. The smallest absolute Gasteiger partial charge is 0.288 e. The fourth-order valence-electron chi connectivity index (χ4n) is 3.45. The summed E-state index contributed by atoms with van der Waals surface area (Å²) in [4.78, 5) is 32.7. The fourth-order valence-corrected chi connectivity index (χ4v) is 4.90. The van der Waals surface area contributed by atoms with E-state index in [1.54, 1.807) is 17.4 Å². The molecule has 0 radical (unpaired) electrons. The Kier molecular flexibility index (Phi) is 4.50. The molecule has 2 heterocycles. The summed E-state index contributed by atoms with van der Waals surface area (Å²) in [6.07, 6.45) is 6.52. The van der Waals surface area contributed by atoms with Gasteiger partial charge in [0.15, 0.2) is 0 Å². The normalized spacial score (nSPS) is 14.7. The molecule has 0 spiro atoms. The number of benzene rings is 1. The molecule has 1 N–H and O–H groups in total. The number of nitro groups is 1. The van der Waals surface area contributed by atoms with Gasteiger partial charge < -0.3 is 4.98 Å². The van der Waals surface area contributed by atoms with Crippen molar-refractivity contribution in [2.24, 2.45) is 0 Å². The average molecular weight is 390 g/mol. The van der Waals surface area contributed by atoms with Crippen molar-refractivity contribution in [1.29, 1.82) is 0 Å². The molecule has 0 atom stereocenters. The molecule has 0 aliphatic heterocycles. The highest BCUT2D eigenvalue weighted by Gasteiger charge is 2.20. The van der Waals surface area contributed by atoms with Gasteiger partial charge in [0.2, 0.25) is 0 Å². The number of fused-ring (bicyclic) bond motifs is 3. The summed E-state index contributed by atoms with van der Waals surface area (Å²) in [7, 11) is 0. The zero-order valence-corrected chi connectivity index (χ0v) is 15.5. The molecule has 1 aliphatic carbocycles. The first-order valence-electron chi connectivity index (χ1n) is 8.53. The van der Waals surface area contributed by atoms with Crippen LogP contribution in [-0.2, 0) is 12.8 Å². The van der Waals surface area contributed by atoms with Crippen molar-refractivity contribution in [2.45, 2.75) is 38.5 Å². The van der Waals surface area contributed by atoms with E-state index in [1.807, 2.05) is 0 Å². The Morgan fingerprint density at radius 2 is 1.96 bits per heavy atom. The molecule has 0 fully saturated rings. The molecule has 3 aromatic rings. The van der Waals surface area contributed by atoms with Crippen LogP contribution in [0.5, 0.6) is 0 Å². The van der Waals surface area contributed by atoms with Gasteiger partial charge in [-0.2, -0.15) is 0 Å². The highest BCUT2D eigenvalue weighted by molar-refractivity contribution is 7.18. The summed E-state index contributed by atoms with van der Waals surface area (Å²) in [6.45, 7) is 0. The first kappa shape index (κ1) is 17.2. The van der Waals surface area contributed by atoms with Crippen molar-refractivity contribution in [3.63, 3.8) is 0 Å². The Morgan fingerprint density at radius 1 is 1.19 bits per heavy atom. The number of nitrogens with one attached hydrogen (secondary N) is 1. The summed E-state index contributed by atoms with van der Waals surface area (Å²) in [5.41, 5.74) is 1.22. The van der Waals surface area contributed by atoms with Crippen LogP contribution in [0.25, 0.3) is 21.6 Å². The topological polar surface area (TPSA) is 88.9 Å². The number of nitro benzene ring substituents is 1. The summed E-state index contributed by atoms with van der Waals surface area (Å²) < 4.78 is 0. The van der Waals surface area contributed by atoms with E-state index in [0.29, 0.717) is 21.6 Å². The van der Waals surface area contributed by atoms with Crippen LogP contribution in [0.4, 0.5) is 5.69 Å². The quantitative estimate of drug-likeness (QED) is 0.500. The van der Waals surface area contributed by atoms with Gasteiger partial charge in [-0.15, -0.1) is 11.3 Å². The molecule has 0 saturated heterocycles. The molecule has 1 aromatic carbocycles. The molecule has 0 bridgehead atoms. The molecule has 134 valence electrons. The number of thiophene rings is 1. The number of rotatable bonds is 2. The molecular weight excluding hydrogens is 374 g/mol. The first-order valence-corrected chi connectivity index (χ1v) is 9.73. The van der Waals surface area contributed by atoms with Crippen LogP contribution in [0.2, 0.25) is 5.02 Å². The second-order valence-electron chi connectivity index (χ2n) is 6.44. The number of H-pyrrole nitrogens is 1. The predicted octanol–water partition coefficient (Wildman–Crippen LogP) is 4.87. The van der Waals surface area contributed by atoms with Crippen LogP contribution in [0, 0.1) is 10.1 Å². The third kappa shape index (κ3) is 3.01. The van der Waals surface area contributed by atoms with Crippen LogP contribution < -0.4 is 5.56 Å². The van der Waals surface area contributed by atoms with Gasteiger partial charge in [-0.1, -0.05) is 24.4 Å². The van der Waals surface area contributed by atoms with E-state index in [4.69, 9.17) is 11.6 Å². The van der Waals surface area contributed by atoms with Crippen LogP contribution in [0.15, 0.2) is 23.0 Å². The molecule has 0 amide bonds. The van der Waals surface area contributed by atoms with E-state index in [2.05, 4.69) is 9.97 Å². The first-order chi connectivity index (χ1) is 12.5. The number of aromatic nitrogens is 2. The Labute approximate surface area is 158 Å². The second kappa shape index (κ2) is 6.81. The van der Waals surface area contributed by atoms with Crippen LogP contribution in [0.3, 0.4) is 0 Å². The molecule has 1 aliphatic rings. The number of halogens is 1. The van der Waals surface area contributed by atoms with Crippen LogP contribution in [0.1, 0.15) is 36.1 Å². The molecule has 2 aromatic heterocycles. The SMILES string of the molecule is O=c1[nH]c(-c2ccc(Cl)c([N+](=O)[O-])c2)nc2sc3c(c12)CCCCCC3. The van der Waals surface area contributed by atoms with Gasteiger partial charge in [0.1, 0.15) is 15.7 Å².